The van der Waals surface area contributed by atoms with Gasteiger partial charge < -0.3 is 9.32 Å². The minimum atomic E-state index is -4.69. The number of rotatable bonds is 3. The highest BCUT2D eigenvalue weighted by Gasteiger charge is 2.36. The number of amides is 1. The summed E-state index contributed by atoms with van der Waals surface area (Å²) in [6, 6.07) is 3.66. The third-order valence-electron chi connectivity index (χ3n) is 4.17. The van der Waals surface area contributed by atoms with Gasteiger partial charge in [0, 0.05) is 26.2 Å². The quantitative estimate of drug-likeness (QED) is 0.762. The van der Waals surface area contributed by atoms with Gasteiger partial charge in [-0.2, -0.15) is 17.5 Å². The molecule has 1 aliphatic rings. The molecule has 0 saturated carbocycles. The largest absolute Gasteiger partial charge is 0.472 e. The maximum Gasteiger partial charge on any atom is 0.416 e. The predicted molar refractivity (Wildman–Crippen MR) is 89.8 cm³/mol. The SMILES string of the molecule is O=C(c1ccoc1)N1CCN(S(=O)(=O)c2cc(C(F)(F)F)ccc2Cl)CC1. The van der Waals surface area contributed by atoms with Crippen molar-refractivity contribution >= 4 is 27.5 Å². The molecule has 1 saturated heterocycles. The molecule has 1 aromatic carbocycles. The molecule has 2 aromatic rings. The molecular weight excluding hydrogens is 409 g/mol. The van der Waals surface area contributed by atoms with Gasteiger partial charge in [-0.3, -0.25) is 4.79 Å². The van der Waals surface area contributed by atoms with Gasteiger partial charge in [-0.15, -0.1) is 0 Å². The number of alkyl halides is 3. The predicted octanol–water partition coefficient (Wildman–Crippen LogP) is 3.10. The van der Waals surface area contributed by atoms with E-state index < -0.39 is 26.7 Å². The summed E-state index contributed by atoms with van der Waals surface area (Å²) in [5.41, 5.74) is -0.758. The molecule has 0 spiro atoms. The average molecular weight is 423 g/mol. The van der Waals surface area contributed by atoms with Crippen molar-refractivity contribution in [1.29, 1.82) is 0 Å². The summed E-state index contributed by atoms with van der Waals surface area (Å²) >= 11 is 5.85. The molecular formula is C16H14ClF3N2O4S. The number of sulfonamides is 1. The van der Waals surface area contributed by atoms with E-state index in [-0.39, 0.29) is 37.1 Å². The third-order valence-corrected chi connectivity index (χ3v) is 6.55. The van der Waals surface area contributed by atoms with E-state index in [2.05, 4.69) is 0 Å². The number of carbonyl (C=O) groups is 1. The van der Waals surface area contributed by atoms with Crippen molar-refractivity contribution in [2.24, 2.45) is 0 Å². The van der Waals surface area contributed by atoms with Crippen LogP contribution in [0.1, 0.15) is 15.9 Å². The summed E-state index contributed by atoms with van der Waals surface area (Å²) in [7, 11) is -4.23. The summed E-state index contributed by atoms with van der Waals surface area (Å²) in [6.45, 7) is 0.0800. The summed E-state index contributed by atoms with van der Waals surface area (Å²) in [5, 5.41) is -0.292. The summed E-state index contributed by atoms with van der Waals surface area (Å²) in [5.74, 6) is -0.308. The Labute approximate surface area is 158 Å². The fraction of sp³-hybridized carbons (Fsp3) is 0.312. The van der Waals surface area contributed by atoms with Crippen molar-refractivity contribution in [2.75, 3.05) is 26.2 Å². The number of piperazine rings is 1. The Morgan fingerprint density at radius 2 is 1.78 bits per heavy atom. The second-order valence-electron chi connectivity index (χ2n) is 5.85. The van der Waals surface area contributed by atoms with E-state index in [4.69, 9.17) is 16.0 Å². The van der Waals surface area contributed by atoms with Gasteiger partial charge in [0.05, 0.1) is 22.4 Å². The molecule has 6 nitrogen and oxygen atoms in total. The van der Waals surface area contributed by atoms with Crippen molar-refractivity contribution in [3.8, 4) is 0 Å². The first kappa shape index (κ1) is 19.7. The van der Waals surface area contributed by atoms with E-state index >= 15 is 0 Å². The number of hydrogen-bond acceptors (Lipinski definition) is 4. The Hall–Kier alpha value is -2.04. The first-order chi connectivity index (χ1) is 12.6. The topological polar surface area (TPSA) is 70.8 Å². The fourth-order valence-corrected chi connectivity index (χ4v) is 4.64. The highest BCUT2D eigenvalue weighted by Crippen LogP contribution is 2.34. The van der Waals surface area contributed by atoms with Crippen LogP contribution in [0.3, 0.4) is 0 Å². The Morgan fingerprint density at radius 3 is 2.33 bits per heavy atom. The smallest absolute Gasteiger partial charge is 0.416 e. The molecule has 3 rings (SSSR count). The fourth-order valence-electron chi connectivity index (χ4n) is 2.72. The van der Waals surface area contributed by atoms with Crippen LogP contribution in [-0.2, 0) is 16.2 Å². The normalized spacial score (nSPS) is 16.5. The zero-order valence-electron chi connectivity index (χ0n) is 13.7. The number of carbonyl (C=O) groups excluding carboxylic acids is 1. The first-order valence-electron chi connectivity index (χ1n) is 7.79. The van der Waals surface area contributed by atoms with Crippen LogP contribution in [0.15, 0.2) is 46.1 Å². The number of halogens is 4. The molecule has 0 atom stereocenters. The van der Waals surface area contributed by atoms with E-state index in [0.29, 0.717) is 11.6 Å². The minimum Gasteiger partial charge on any atom is -0.472 e. The van der Waals surface area contributed by atoms with Crippen LogP contribution in [0.2, 0.25) is 5.02 Å². The number of benzene rings is 1. The zero-order valence-corrected chi connectivity index (χ0v) is 15.3. The van der Waals surface area contributed by atoms with E-state index in [1.165, 1.54) is 23.5 Å². The van der Waals surface area contributed by atoms with Crippen LogP contribution in [-0.4, -0.2) is 49.7 Å². The van der Waals surface area contributed by atoms with Crippen molar-refractivity contribution in [2.45, 2.75) is 11.1 Å². The third kappa shape index (κ3) is 3.97. The molecule has 0 bridgehead atoms. The number of furan rings is 1. The van der Waals surface area contributed by atoms with E-state index in [1.807, 2.05) is 0 Å². The molecule has 146 valence electrons. The van der Waals surface area contributed by atoms with Crippen molar-refractivity contribution in [1.82, 2.24) is 9.21 Å². The van der Waals surface area contributed by atoms with Gasteiger partial charge in [0.25, 0.3) is 5.91 Å². The van der Waals surface area contributed by atoms with Gasteiger partial charge in [0.2, 0.25) is 10.0 Å². The average Bonchev–Trinajstić information content (AvgIpc) is 3.15. The monoisotopic (exact) mass is 422 g/mol. The van der Waals surface area contributed by atoms with Gasteiger partial charge >= 0.3 is 6.18 Å². The van der Waals surface area contributed by atoms with Crippen LogP contribution in [0, 0.1) is 0 Å². The lowest BCUT2D eigenvalue weighted by Gasteiger charge is -2.34. The van der Waals surface area contributed by atoms with E-state index in [1.54, 1.807) is 0 Å². The summed E-state index contributed by atoms with van der Waals surface area (Å²) in [4.78, 5) is 13.1. The van der Waals surface area contributed by atoms with Crippen molar-refractivity contribution in [3.05, 3.63) is 52.9 Å². The van der Waals surface area contributed by atoms with Gasteiger partial charge in [0.1, 0.15) is 11.2 Å². The Morgan fingerprint density at radius 1 is 1.11 bits per heavy atom. The van der Waals surface area contributed by atoms with Crippen LogP contribution in [0.5, 0.6) is 0 Å². The first-order valence-corrected chi connectivity index (χ1v) is 9.61. The Bertz CT molecular complexity index is 937. The molecule has 0 aliphatic carbocycles. The molecule has 2 heterocycles. The lowest BCUT2D eigenvalue weighted by molar-refractivity contribution is -0.137. The standard InChI is InChI=1S/C16H14ClF3N2O4S/c17-13-2-1-12(16(18,19)20)9-14(13)27(24,25)22-6-4-21(5-7-22)15(23)11-3-8-26-10-11/h1-3,8-10H,4-7H2. The molecule has 1 fully saturated rings. The highest BCUT2D eigenvalue weighted by molar-refractivity contribution is 7.89. The second kappa shape index (κ2) is 7.17. The second-order valence-corrected chi connectivity index (χ2v) is 8.16. The summed E-state index contributed by atoms with van der Waals surface area (Å²) < 4.78 is 70.1. The van der Waals surface area contributed by atoms with Crippen LogP contribution in [0.25, 0.3) is 0 Å². The van der Waals surface area contributed by atoms with Gasteiger partial charge in [-0.25, -0.2) is 8.42 Å². The zero-order chi connectivity index (χ0) is 19.8. The number of hydrogen-bond donors (Lipinski definition) is 0. The van der Waals surface area contributed by atoms with Crippen LogP contribution >= 0.6 is 11.6 Å². The molecule has 1 aromatic heterocycles. The number of nitrogens with zero attached hydrogens (tertiary/aromatic N) is 2. The molecule has 1 aliphatic heterocycles. The Kier molecular flexibility index (Phi) is 5.24. The van der Waals surface area contributed by atoms with Crippen LogP contribution < -0.4 is 0 Å². The van der Waals surface area contributed by atoms with Gasteiger partial charge in [0.15, 0.2) is 0 Å². The molecule has 27 heavy (non-hydrogen) atoms. The molecule has 0 radical (unpaired) electrons. The van der Waals surface area contributed by atoms with Crippen molar-refractivity contribution < 1.29 is 30.8 Å². The molecule has 0 N–H and O–H groups in total. The van der Waals surface area contributed by atoms with E-state index in [0.717, 1.165) is 16.4 Å². The molecule has 0 unspecified atom stereocenters. The lowest BCUT2D eigenvalue weighted by atomic mass is 10.2. The lowest BCUT2D eigenvalue weighted by Crippen LogP contribution is -2.50. The molecule has 11 heteroatoms. The van der Waals surface area contributed by atoms with Gasteiger partial charge in [-0.1, -0.05) is 11.6 Å². The Balaban J connectivity index is 1.79. The highest BCUT2D eigenvalue weighted by atomic mass is 35.5. The van der Waals surface area contributed by atoms with Crippen LogP contribution in [0.4, 0.5) is 13.2 Å². The van der Waals surface area contributed by atoms with Crippen molar-refractivity contribution in [3.63, 3.8) is 0 Å². The van der Waals surface area contributed by atoms with E-state index in [9.17, 15) is 26.4 Å². The summed E-state index contributed by atoms with van der Waals surface area (Å²) in [6.07, 6.45) is -2.05. The molecule has 1 amide bonds. The minimum absolute atomic E-state index is 0.0570. The maximum atomic E-state index is 12.9. The maximum absolute atomic E-state index is 12.9. The van der Waals surface area contributed by atoms with Gasteiger partial charge in [-0.05, 0) is 24.3 Å².